The third-order valence-corrected chi connectivity index (χ3v) is 6.05. The molecule has 152 valence electrons. The van der Waals surface area contributed by atoms with Gasteiger partial charge in [0.15, 0.2) is 0 Å². The maximum Gasteiger partial charge on any atom is 2.00 e. The van der Waals surface area contributed by atoms with E-state index in [1.807, 2.05) is 14.1 Å². The van der Waals surface area contributed by atoms with E-state index in [0.717, 1.165) is 45.8 Å². The Morgan fingerprint density at radius 2 is 1.07 bits per heavy atom. The van der Waals surface area contributed by atoms with Crippen LogP contribution in [-0.4, -0.2) is 19.1 Å². The molecular weight excluding hydrogens is 543 g/mol. The summed E-state index contributed by atoms with van der Waals surface area (Å²) in [7, 11) is 4.04. The number of aryl methyl sites for hydroxylation is 2. The fourth-order valence-electron chi connectivity index (χ4n) is 3.94. The number of hydrogen-bond donors (Lipinski definition) is 0. The zero-order valence-electron chi connectivity index (χ0n) is 17.5. The van der Waals surface area contributed by atoms with Crippen LogP contribution in [0.25, 0.3) is 23.0 Å². The van der Waals surface area contributed by atoms with Crippen LogP contribution in [-0.2, 0) is 46.0 Å². The molecule has 0 unspecified atom stereocenters. The number of imidazole rings is 2. The fourth-order valence-corrected chi connectivity index (χ4v) is 3.94. The minimum Gasteiger partial charge on any atom is -0.658 e. The summed E-state index contributed by atoms with van der Waals surface area (Å²) in [6.07, 6.45) is 4.17. The summed E-state index contributed by atoms with van der Waals surface area (Å²) in [6.45, 7) is 8.64. The van der Waals surface area contributed by atoms with Gasteiger partial charge in [-0.1, -0.05) is 63.3 Å². The van der Waals surface area contributed by atoms with Gasteiger partial charge in [0.2, 0.25) is 0 Å². The third-order valence-electron chi connectivity index (χ3n) is 6.05. The van der Waals surface area contributed by atoms with E-state index in [-0.39, 0.29) is 31.9 Å². The molecule has 1 aliphatic heterocycles. The Labute approximate surface area is 185 Å². The van der Waals surface area contributed by atoms with Crippen molar-refractivity contribution in [1.29, 1.82) is 0 Å². The number of aromatic nitrogens is 6. The first-order valence-corrected chi connectivity index (χ1v) is 9.55. The smallest absolute Gasteiger partial charge is 0.658 e. The molecule has 29 heavy (non-hydrogen) atoms. The van der Waals surface area contributed by atoms with E-state index in [4.69, 9.17) is 19.9 Å². The van der Waals surface area contributed by atoms with Crippen molar-refractivity contribution in [2.75, 3.05) is 0 Å². The molecule has 4 aromatic rings. The summed E-state index contributed by atoms with van der Waals surface area (Å²) in [6, 6.07) is 8.28. The first-order chi connectivity index (χ1) is 13.2. The molecule has 0 saturated heterocycles. The average Bonchev–Trinajstić information content (AvgIpc) is 3.39. The van der Waals surface area contributed by atoms with E-state index in [0.29, 0.717) is 0 Å². The van der Waals surface area contributed by atoms with E-state index in [1.165, 1.54) is 0 Å². The Hall–Kier alpha value is -2.33. The van der Waals surface area contributed by atoms with Gasteiger partial charge in [0.25, 0.3) is 0 Å². The molecule has 6 nitrogen and oxygen atoms in total. The van der Waals surface area contributed by atoms with Crippen molar-refractivity contribution in [3.05, 3.63) is 59.4 Å². The van der Waals surface area contributed by atoms with E-state index in [2.05, 4.69) is 73.5 Å². The summed E-state index contributed by atoms with van der Waals surface area (Å²) in [4.78, 5) is 19.8. The van der Waals surface area contributed by atoms with E-state index >= 15 is 0 Å². The topological polar surface area (TPSA) is 63.8 Å². The van der Waals surface area contributed by atoms with Gasteiger partial charge in [-0.25, -0.2) is 9.97 Å². The van der Waals surface area contributed by atoms with Gasteiger partial charge in [0, 0.05) is 37.3 Å². The van der Waals surface area contributed by atoms with Crippen LogP contribution >= 0.6 is 0 Å². The second kappa shape index (κ2) is 6.33. The number of hydrogen-bond acceptors (Lipinski definition) is 2. The van der Waals surface area contributed by atoms with Crippen LogP contribution in [0.15, 0.2) is 36.7 Å². The first kappa shape index (κ1) is 20.0. The second-order valence-electron chi connectivity index (χ2n) is 8.80. The molecule has 5 heterocycles. The molecule has 0 amide bonds. The van der Waals surface area contributed by atoms with Gasteiger partial charge < -0.3 is 19.1 Å². The Morgan fingerprint density at radius 1 is 0.690 bits per heavy atom. The van der Waals surface area contributed by atoms with Crippen LogP contribution in [0.5, 0.6) is 0 Å². The second-order valence-corrected chi connectivity index (χ2v) is 8.80. The number of fused-ring (bicyclic) bond motifs is 10. The molecule has 7 heteroatoms. The van der Waals surface area contributed by atoms with Crippen molar-refractivity contribution in [3.63, 3.8) is 0 Å². The van der Waals surface area contributed by atoms with Gasteiger partial charge in [-0.2, -0.15) is 0 Å². The van der Waals surface area contributed by atoms with E-state index < -0.39 is 0 Å². The Balaban J connectivity index is 0.00000205. The summed E-state index contributed by atoms with van der Waals surface area (Å²) in [5, 5.41) is 0. The minimum absolute atomic E-state index is 0. The Bertz CT molecular complexity index is 1110. The van der Waals surface area contributed by atoms with Crippen LogP contribution < -0.4 is 9.97 Å². The number of nitrogens with zero attached hydrogens (tertiary/aromatic N) is 6. The monoisotopic (exact) mass is 567 g/mol. The van der Waals surface area contributed by atoms with Gasteiger partial charge in [-0.3, -0.25) is 0 Å². The van der Waals surface area contributed by atoms with Crippen LogP contribution in [0.3, 0.4) is 0 Å². The van der Waals surface area contributed by atoms with Crippen molar-refractivity contribution in [3.8, 4) is 23.0 Å². The van der Waals surface area contributed by atoms with Crippen LogP contribution in [0.1, 0.15) is 50.5 Å². The quantitative estimate of drug-likeness (QED) is 0.327. The largest absolute Gasteiger partial charge is 2.00 e. The Morgan fingerprint density at radius 3 is 1.45 bits per heavy atom. The van der Waals surface area contributed by atoms with Gasteiger partial charge in [0.05, 0.1) is 11.4 Å². The summed E-state index contributed by atoms with van der Waals surface area (Å²) in [5.41, 5.74) is 5.08. The number of rotatable bonds is 0. The summed E-state index contributed by atoms with van der Waals surface area (Å²) < 4.78 is 4.11. The molecule has 0 aromatic carbocycles. The maximum absolute atomic E-state index is 4.95. The zero-order valence-corrected chi connectivity index (χ0v) is 19.7. The third kappa shape index (κ3) is 2.80. The van der Waals surface area contributed by atoms with E-state index in [1.54, 1.807) is 0 Å². The average molecular weight is 568 g/mol. The van der Waals surface area contributed by atoms with Crippen molar-refractivity contribution >= 4 is 0 Å². The maximum atomic E-state index is 4.95. The standard InChI is InChI=1S/C22H24N6.Pt/c1-21(2)15-9-7-13(23-15)20-26-18(12-28(20)6)22(3,4)16-10-8-14(24-16)19-25-17(21)11-27(19)5;/h7-12H,1-6H3;/q-2;+2. The van der Waals surface area contributed by atoms with Gasteiger partial charge in [0.1, 0.15) is 11.6 Å². The van der Waals surface area contributed by atoms with E-state index in [9.17, 15) is 0 Å². The molecule has 8 bridgehead atoms. The van der Waals surface area contributed by atoms with Gasteiger partial charge >= 0.3 is 21.1 Å². The fraction of sp³-hybridized carbons (Fsp3) is 0.364. The van der Waals surface area contributed by atoms with Crippen molar-refractivity contribution in [2.45, 2.75) is 38.5 Å². The molecule has 0 radical (unpaired) electrons. The Kier molecular flexibility index (Phi) is 4.36. The van der Waals surface area contributed by atoms with Crippen LogP contribution in [0.2, 0.25) is 0 Å². The minimum atomic E-state index is -0.318. The molecular formula is C22H24N6Pt. The van der Waals surface area contributed by atoms with Crippen molar-refractivity contribution in [2.24, 2.45) is 14.1 Å². The first-order valence-electron chi connectivity index (χ1n) is 9.55. The summed E-state index contributed by atoms with van der Waals surface area (Å²) >= 11 is 0. The normalized spacial score (nSPS) is 16.2. The van der Waals surface area contributed by atoms with Crippen LogP contribution in [0.4, 0.5) is 0 Å². The molecule has 0 atom stereocenters. The predicted octanol–water partition coefficient (Wildman–Crippen LogP) is 3.36. The van der Waals surface area contributed by atoms with Crippen LogP contribution in [0, 0.1) is 0 Å². The van der Waals surface area contributed by atoms with Gasteiger partial charge in [-0.05, 0) is 0 Å². The molecule has 0 saturated carbocycles. The zero-order chi connectivity index (χ0) is 19.8. The molecule has 0 N–H and O–H groups in total. The molecule has 4 aromatic heterocycles. The molecule has 1 aliphatic rings. The molecule has 0 fully saturated rings. The summed E-state index contributed by atoms with van der Waals surface area (Å²) in [5.74, 6) is 1.74. The van der Waals surface area contributed by atoms with Gasteiger partial charge in [-0.15, -0.1) is 11.4 Å². The predicted molar refractivity (Wildman–Crippen MR) is 108 cm³/mol. The van der Waals surface area contributed by atoms with Crippen molar-refractivity contribution in [1.82, 2.24) is 29.1 Å². The van der Waals surface area contributed by atoms with Crippen molar-refractivity contribution < 1.29 is 21.1 Å². The molecule has 0 spiro atoms. The SMILES string of the molecule is Cn1cc2nc1-c1ccc([n-]1)C(C)(C)c1cn(C)c(n1)-c1ccc([n-]1)C2(C)C.[Pt+2]. The molecule has 5 rings (SSSR count). The molecule has 0 aliphatic carbocycles.